The predicted octanol–water partition coefficient (Wildman–Crippen LogP) is 3.97. The normalized spacial score (nSPS) is 11.4. The second-order valence-corrected chi connectivity index (χ2v) is 8.99. The van der Waals surface area contributed by atoms with Crippen LogP contribution >= 0.6 is 11.3 Å². The number of nitrogens with one attached hydrogen (secondary N) is 2. The highest BCUT2D eigenvalue weighted by Crippen LogP contribution is 2.18. The van der Waals surface area contributed by atoms with Crippen molar-refractivity contribution >= 4 is 33.0 Å². The van der Waals surface area contributed by atoms with Crippen molar-refractivity contribution in [2.45, 2.75) is 18.2 Å². The van der Waals surface area contributed by atoms with E-state index in [1.54, 1.807) is 24.3 Å². The van der Waals surface area contributed by atoms with Crippen molar-refractivity contribution in [3.63, 3.8) is 0 Å². The maximum absolute atomic E-state index is 13.8. The molecule has 3 rings (SSSR count). The number of benzene rings is 2. The molecule has 1 amide bonds. The van der Waals surface area contributed by atoms with Crippen LogP contribution in [0.15, 0.2) is 64.9 Å². The quantitative estimate of drug-likeness (QED) is 0.610. The molecule has 0 aliphatic rings. The molecule has 3 aromatic rings. The molecule has 2 aromatic carbocycles. The Morgan fingerprint density at radius 2 is 1.86 bits per heavy atom. The maximum atomic E-state index is 13.8. The van der Waals surface area contributed by atoms with E-state index in [1.807, 2.05) is 17.5 Å². The van der Waals surface area contributed by atoms with Gasteiger partial charge in [-0.05, 0) is 66.8 Å². The molecule has 146 valence electrons. The first kappa shape index (κ1) is 20.2. The van der Waals surface area contributed by atoms with Gasteiger partial charge >= 0.3 is 0 Å². The first-order chi connectivity index (χ1) is 13.3. The van der Waals surface area contributed by atoms with Crippen LogP contribution in [0.1, 0.15) is 20.8 Å². The highest BCUT2D eigenvalue weighted by atomic mass is 32.2. The van der Waals surface area contributed by atoms with Crippen molar-refractivity contribution in [1.29, 1.82) is 0 Å². The van der Waals surface area contributed by atoms with Crippen LogP contribution in [0.5, 0.6) is 0 Å². The van der Waals surface area contributed by atoms with Crippen LogP contribution in [-0.4, -0.2) is 20.9 Å². The summed E-state index contributed by atoms with van der Waals surface area (Å²) in [5.74, 6) is -1.05. The highest BCUT2D eigenvalue weighted by molar-refractivity contribution is 7.89. The summed E-state index contributed by atoms with van der Waals surface area (Å²) in [6.45, 7) is 2.08. The van der Waals surface area contributed by atoms with E-state index in [9.17, 15) is 17.6 Å². The minimum atomic E-state index is -3.66. The number of anilines is 1. The summed E-state index contributed by atoms with van der Waals surface area (Å²) in [6.07, 6.45) is 0.611. The fraction of sp³-hybridized carbons (Fsp3) is 0.150. The van der Waals surface area contributed by atoms with E-state index in [0.29, 0.717) is 6.42 Å². The third kappa shape index (κ3) is 5.03. The molecule has 28 heavy (non-hydrogen) atoms. The Kier molecular flexibility index (Phi) is 6.23. The SMILES string of the molecule is Cc1ccc(F)c(NC(=O)c2ccc(S(=O)(=O)NCCc3cccs3)cc2)c1. The number of aryl methyl sites for hydroxylation is 1. The average molecular weight is 419 g/mol. The standard InChI is InChI=1S/C20H19FN2O3S2/c1-14-4-9-18(21)19(13-14)23-20(24)15-5-7-17(8-6-15)28(25,26)22-11-10-16-3-2-12-27-16/h2-9,12-13,22H,10-11H2,1H3,(H,23,24). The van der Waals surface area contributed by atoms with Crippen molar-refractivity contribution in [2.24, 2.45) is 0 Å². The number of rotatable bonds is 7. The van der Waals surface area contributed by atoms with Crippen LogP contribution in [0.25, 0.3) is 0 Å². The maximum Gasteiger partial charge on any atom is 0.255 e. The van der Waals surface area contributed by atoms with Crippen molar-refractivity contribution < 1.29 is 17.6 Å². The molecule has 0 aliphatic heterocycles. The largest absolute Gasteiger partial charge is 0.319 e. The minimum absolute atomic E-state index is 0.0666. The van der Waals surface area contributed by atoms with Gasteiger partial charge in [0.15, 0.2) is 0 Å². The van der Waals surface area contributed by atoms with E-state index in [1.165, 1.54) is 36.4 Å². The molecule has 1 aromatic heterocycles. The van der Waals surface area contributed by atoms with Crippen LogP contribution in [0, 0.1) is 12.7 Å². The summed E-state index contributed by atoms with van der Waals surface area (Å²) >= 11 is 1.57. The number of thiophene rings is 1. The number of amides is 1. The predicted molar refractivity (Wildman–Crippen MR) is 109 cm³/mol. The lowest BCUT2D eigenvalue weighted by molar-refractivity contribution is 0.102. The van der Waals surface area contributed by atoms with Gasteiger partial charge in [0, 0.05) is 17.0 Å². The zero-order valence-electron chi connectivity index (χ0n) is 15.1. The third-order valence-electron chi connectivity index (χ3n) is 4.04. The van der Waals surface area contributed by atoms with E-state index >= 15 is 0 Å². The lowest BCUT2D eigenvalue weighted by Gasteiger charge is -2.09. The van der Waals surface area contributed by atoms with Crippen LogP contribution in [-0.2, 0) is 16.4 Å². The van der Waals surface area contributed by atoms with Gasteiger partial charge in [0.05, 0.1) is 10.6 Å². The third-order valence-corrected chi connectivity index (χ3v) is 6.45. The van der Waals surface area contributed by atoms with Crippen LogP contribution in [0.2, 0.25) is 0 Å². The molecular formula is C20H19FN2O3S2. The zero-order valence-corrected chi connectivity index (χ0v) is 16.7. The summed E-state index contributed by atoms with van der Waals surface area (Å²) in [5.41, 5.74) is 1.13. The van der Waals surface area contributed by atoms with Gasteiger partial charge < -0.3 is 5.32 Å². The minimum Gasteiger partial charge on any atom is -0.319 e. The lowest BCUT2D eigenvalue weighted by Crippen LogP contribution is -2.26. The van der Waals surface area contributed by atoms with Gasteiger partial charge in [0.25, 0.3) is 5.91 Å². The lowest BCUT2D eigenvalue weighted by atomic mass is 10.2. The summed E-state index contributed by atoms with van der Waals surface area (Å²) in [5, 5.41) is 4.44. The van der Waals surface area contributed by atoms with Gasteiger partial charge in [-0.25, -0.2) is 17.5 Å². The van der Waals surface area contributed by atoms with E-state index in [2.05, 4.69) is 10.0 Å². The first-order valence-electron chi connectivity index (χ1n) is 8.55. The summed E-state index contributed by atoms with van der Waals surface area (Å²) in [6, 6.07) is 13.8. The van der Waals surface area contributed by atoms with Gasteiger partial charge in [-0.1, -0.05) is 12.1 Å². The van der Waals surface area contributed by atoms with Gasteiger partial charge in [0.2, 0.25) is 10.0 Å². The fourth-order valence-corrected chi connectivity index (χ4v) is 4.30. The molecule has 0 atom stereocenters. The Hall–Kier alpha value is -2.55. The Balaban J connectivity index is 1.64. The highest BCUT2D eigenvalue weighted by Gasteiger charge is 2.15. The number of hydrogen-bond donors (Lipinski definition) is 2. The van der Waals surface area contributed by atoms with E-state index < -0.39 is 21.7 Å². The summed E-state index contributed by atoms with van der Waals surface area (Å²) in [4.78, 5) is 13.5. The first-order valence-corrected chi connectivity index (χ1v) is 10.9. The molecule has 0 unspecified atom stereocenters. The summed E-state index contributed by atoms with van der Waals surface area (Å²) < 4.78 is 41.0. The molecule has 0 spiro atoms. The number of halogens is 1. The van der Waals surface area contributed by atoms with Crippen molar-refractivity contribution in [3.8, 4) is 0 Å². The molecule has 2 N–H and O–H groups in total. The smallest absolute Gasteiger partial charge is 0.255 e. The Morgan fingerprint density at radius 3 is 2.54 bits per heavy atom. The van der Waals surface area contributed by atoms with Crippen molar-refractivity contribution in [1.82, 2.24) is 4.72 Å². The number of sulfonamides is 1. The van der Waals surface area contributed by atoms with Gasteiger partial charge in [-0.2, -0.15) is 0 Å². The van der Waals surface area contributed by atoms with Crippen molar-refractivity contribution in [2.75, 3.05) is 11.9 Å². The van der Waals surface area contributed by atoms with Crippen LogP contribution in [0.4, 0.5) is 10.1 Å². The zero-order chi connectivity index (χ0) is 20.1. The Morgan fingerprint density at radius 1 is 1.11 bits per heavy atom. The fourth-order valence-electron chi connectivity index (χ4n) is 2.56. The van der Waals surface area contributed by atoms with Gasteiger partial charge in [-0.3, -0.25) is 4.79 Å². The second kappa shape index (κ2) is 8.64. The molecule has 0 saturated carbocycles. The molecule has 0 saturated heterocycles. The Labute approximate surface area is 167 Å². The molecule has 0 bridgehead atoms. The topological polar surface area (TPSA) is 75.3 Å². The molecule has 8 heteroatoms. The molecule has 1 heterocycles. The van der Waals surface area contributed by atoms with Gasteiger partial charge in [0.1, 0.15) is 5.82 Å². The molecule has 0 aliphatic carbocycles. The summed E-state index contributed by atoms with van der Waals surface area (Å²) in [7, 11) is -3.66. The van der Waals surface area contributed by atoms with E-state index in [4.69, 9.17) is 0 Å². The molecule has 5 nitrogen and oxygen atoms in total. The second-order valence-electron chi connectivity index (χ2n) is 6.19. The average Bonchev–Trinajstić information content (AvgIpc) is 3.18. The van der Waals surface area contributed by atoms with Crippen LogP contribution in [0.3, 0.4) is 0 Å². The molecule has 0 radical (unpaired) electrons. The number of hydrogen-bond acceptors (Lipinski definition) is 4. The van der Waals surface area contributed by atoms with E-state index in [0.717, 1.165) is 10.4 Å². The van der Waals surface area contributed by atoms with E-state index in [-0.39, 0.29) is 22.7 Å². The molecular weight excluding hydrogens is 399 g/mol. The van der Waals surface area contributed by atoms with Gasteiger partial charge in [-0.15, -0.1) is 11.3 Å². The number of carbonyl (C=O) groups excluding carboxylic acids is 1. The monoisotopic (exact) mass is 418 g/mol. The Bertz CT molecular complexity index is 1060. The van der Waals surface area contributed by atoms with Crippen LogP contribution < -0.4 is 10.0 Å². The van der Waals surface area contributed by atoms with Crippen molar-refractivity contribution in [3.05, 3.63) is 81.8 Å². The molecule has 0 fully saturated rings. The number of carbonyl (C=O) groups is 1.